The van der Waals surface area contributed by atoms with Crippen LogP contribution in [-0.4, -0.2) is 2.43 Å². The Kier molecular flexibility index (Phi) is 6.57. The molecule has 23 heavy (non-hydrogen) atoms. The second kappa shape index (κ2) is 7.85. The van der Waals surface area contributed by atoms with Crippen molar-refractivity contribution in [1.82, 2.24) is 0 Å². The first-order valence-corrected chi connectivity index (χ1v) is 13.3. The Morgan fingerprint density at radius 1 is 0.565 bits per heavy atom. The summed E-state index contributed by atoms with van der Waals surface area (Å²) in [6.45, 7) is 13.7. The minimum Gasteiger partial charge on any atom is -0.0561 e. The molecule has 0 aliphatic heterocycles. The fourth-order valence-electron chi connectivity index (χ4n) is 2.22. The molecule has 124 valence electrons. The molecule has 0 fully saturated rings. The van der Waals surface area contributed by atoms with Crippen molar-refractivity contribution in [2.24, 2.45) is 0 Å². The van der Waals surface area contributed by atoms with Crippen molar-refractivity contribution in [3.8, 4) is 0 Å². The Labute approximate surface area is 163 Å². The van der Waals surface area contributed by atoms with Gasteiger partial charge in [-0.15, -0.1) is 0 Å². The molecule has 2 aromatic carbocycles. The zero-order valence-corrected chi connectivity index (χ0v) is 19.4. The Hall–Kier alpha value is -0.100. The van der Waals surface area contributed by atoms with Crippen LogP contribution < -0.4 is 42.4 Å². The summed E-state index contributed by atoms with van der Waals surface area (Å²) in [4.78, 5) is 0. The molecule has 2 rings (SSSR count). The van der Waals surface area contributed by atoms with E-state index in [2.05, 4.69) is 90.1 Å². The molecule has 0 atom stereocenters. The van der Waals surface area contributed by atoms with Crippen LogP contribution in [0.15, 0.2) is 48.5 Å². The quantitative estimate of drug-likeness (QED) is 0.366. The smallest absolute Gasteiger partial charge is 0.0561 e. The largest absolute Gasteiger partial charge is 0.369 e. The van der Waals surface area contributed by atoms with Gasteiger partial charge in [-0.2, -0.15) is 0 Å². The van der Waals surface area contributed by atoms with Crippen LogP contribution in [0.4, 0.5) is 0 Å². The van der Waals surface area contributed by atoms with Gasteiger partial charge in [-0.05, 0) is 46.2 Å². The number of halogens is 2. The lowest BCUT2D eigenvalue weighted by atomic mass is 9.87. The van der Waals surface area contributed by atoms with E-state index in [-0.39, 0.29) is 53.2 Å². The maximum absolute atomic E-state index is 2.36. The van der Waals surface area contributed by atoms with Crippen molar-refractivity contribution in [1.29, 1.82) is 0 Å². The van der Waals surface area contributed by atoms with E-state index in [0.29, 0.717) is 0 Å². The maximum atomic E-state index is 2.36. The Morgan fingerprint density at radius 3 is 1.13 bits per heavy atom. The van der Waals surface area contributed by atoms with Crippen molar-refractivity contribution < 1.29 is 42.4 Å². The summed E-state index contributed by atoms with van der Waals surface area (Å²) in [6.07, 6.45) is 0. The van der Waals surface area contributed by atoms with Gasteiger partial charge in [-0.3, -0.25) is 0 Å². The summed E-state index contributed by atoms with van der Waals surface area (Å²) in [5.41, 5.74) is 3.41. The topological polar surface area (TPSA) is 0 Å². The Morgan fingerprint density at radius 2 is 0.870 bits per heavy atom. The summed E-state index contributed by atoms with van der Waals surface area (Å²) in [5.74, 6) is 0. The standard InChI is InChI=1S/C21H28I2/c1-20(2,3)16-7-11-18(12-8-16)22-15-23-19-13-9-17(10-14-19)21(4,5)6/h7-14H,15H2,1-6H3/q+2. The summed E-state index contributed by atoms with van der Waals surface area (Å²) in [5, 5.41) is 0. The van der Waals surface area contributed by atoms with Gasteiger partial charge in [-0.25, -0.2) is 0 Å². The van der Waals surface area contributed by atoms with E-state index < -0.39 is 0 Å². The van der Waals surface area contributed by atoms with Gasteiger partial charge in [-0.1, -0.05) is 65.8 Å². The van der Waals surface area contributed by atoms with Crippen LogP contribution in [0.5, 0.6) is 0 Å². The highest BCUT2D eigenvalue weighted by Gasteiger charge is 2.24. The predicted molar refractivity (Wildman–Crippen MR) is 92.5 cm³/mol. The Balaban J connectivity index is 1.87. The molecular formula is C21H28I2+2. The molecular weight excluding hydrogens is 506 g/mol. The highest BCUT2D eigenvalue weighted by Crippen LogP contribution is 2.21. The zero-order chi connectivity index (χ0) is 17.1. The number of hydrogen-bond acceptors (Lipinski definition) is 0. The van der Waals surface area contributed by atoms with E-state index >= 15 is 0 Å². The summed E-state index contributed by atoms with van der Waals surface area (Å²) in [7, 11) is 0. The summed E-state index contributed by atoms with van der Waals surface area (Å²) < 4.78 is 4.60. The molecule has 0 bridgehead atoms. The van der Waals surface area contributed by atoms with Gasteiger partial charge < -0.3 is 0 Å². The normalized spacial score (nSPS) is 12.4. The maximum Gasteiger partial charge on any atom is 0.369 e. The van der Waals surface area contributed by atoms with Crippen LogP contribution in [0.1, 0.15) is 52.7 Å². The van der Waals surface area contributed by atoms with Gasteiger partial charge in [0, 0.05) is 0 Å². The predicted octanol–water partition coefficient (Wildman–Crippen LogP) is -0.543. The van der Waals surface area contributed by atoms with Crippen LogP contribution in [0.25, 0.3) is 0 Å². The minimum atomic E-state index is 0.169. The van der Waals surface area contributed by atoms with Crippen molar-refractivity contribution in [3.63, 3.8) is 0 Å². The van der Waals surface area contributed by atoms with E-state index in [4.69, 9.17) is 0 Å². The second-order valence-electron chi connectivity index (χ2n) is 7.88. The van der Waals surface area contributed by atoms with Crippen molar-refractivity contribution in [2.45, 2.75) is 52.4 Å². The molecule has 2 heteroatoms. The second-order valence-corrected chi connectivity index (χ2v) is 16.3. The highest BCUT2D eigenvalue weighted by atomic mass is 127. The monoisotopic (exact) mass is 534 g/mol. The molecule has 0 nitrogen and oxygen atoms in total. The summed E-state index contributed by atoms with van der Waals surface area (Å²) in [6, 6.07) is 18.7. The molecule has 0 aliphatic carbocycles. The first-order valence-electron chi connectivity index (χ1n) is 8.06. The number of benzene rings is 2. The zero-order valence-electron chi connectivity index (χ0n) is 15.1. The van der Waals surface area contributed by atoms with Crippen molar-refractivity contribution >= 4 is 0 Å². The van der Waals surface area contributed by atoms with Gasteiger partial charge in [0.2, 0.25) is 0 Å². The van der Waals surface area contributed by atoms with Crippen LogP contribution >= 0.6 is 0 Å². The minimum absolute atomic E-state index is 0.169. The number of alkyl halides is 2. The Bertz CT molecular complexity index is 553. The molecule has 0 aromatic heterocycles. The molecule has 0 unspecified atom stereocenters. The third-order valence-corrected chi connectivity index (χ3v) is 11.5. The molecule has 0 saturated heterocycles. The average Bonchev–Trinajstić information content (AvgIpc) is 2.46. The van der Waals surface area contributed by atoms with Gasteiger partial charge in [0.05, 0.1) is 0 Å². The van der Waals surface area contributed by atoms with Gasteiger partial charge in [0.25, 0.3) is 0 Å². The number of rotatable bonds is 4. The molecule has 0 aliphatic rings. The van der Waals surface area contributed by atoms with Crippen LogP contribution in [0.3, 0.4) is 0 Å². The van der Waals surface area contributed by atoms with E-state index in [0.717, 1.165) is 0 Å². The highest BCUT2D eigenvalue weighted by molar-refractivity contribution is 5.22. The molecule has 0 N–H and O–H groups in total. The van der Waals surface area contributed by atoms with Crippen molar-refractivity contribution in [3.05, 3.63) is 66.8 Å². The van der Waals surface area contributed by atoms with E-state index in [1.54, 1.807) is 7.14 Å². The van der Waals surface area contributed by atoms with Crippen LogP contribution in [-0.2, 0) is 10.8 Å². The van der Waals surface area contributed by atoms with E-state index in [1.165, 1.54) is 13.6 Å². The van der Waals surface area contributed by atoms with E-state index in [1.807, 2.05) is 0 Å². The first-order chi connectivity index (χ1) is 10.7. The molecule has 0 saturated carbocycles. The van der Waals surface area contributed by atoms with Gasteiger partial charge in [0.1, 0.15) is 0 Å². The molecule has 0 amide bonds. The molecule has 0 heterocycles. The van der Waals surface area contributed by atoms with E-state index in [9.17, 15) is 0 Å². The molecule has 2 aromatic rings. The lowest BCUT2D eigenvalue weighted by molar-refractivity contribution is -0.834. The number of hydrogen-bond donors (Lipinski definition) is 0. The van der Waals surface area contributed by atoms with Crippen LogP contribution in [0, 0.1) is 7.14 Å². The lowest BCUT2D eigenvalue weighted by Gasteiger charge is -2.18. The fourth-order valence-corrected chi connectivity index (χ4v) is 10.2. The first kappa shape index (κ1) is 19.2. The van der Waals surface area contributed by atoms with Crippen LogP contribution in [0.2, 0.25) is 0 Å². The van der Waals surface area contributed by atoms with Gasteiger partial charge in [0.15, 0.2) is 7.14 Å². The SMILES string of the molecule is CC(C)(C)c1ccc([I+]C[I+]c2ccc(C(C)(C)C)cc2)cc1. The fraction of sp³-hybridized carbons (Fsp3) is 0.429. The third kappa shape index (κ3) is 6.04. The van der Waals surface area contributed by atoms with Gasteiger partial charge >= 0.3 is 44.8 Å². The average molecular weight is 534 g/mol. The lowest BCUT2D eigenvalue weighted by Crippen LogP contribution is -3.83. The van der Waals surface area contributed by atoms with Crippen molar-refractivity contribution in [2.75, 3.05) is 2.43 Å². The molecule has 0 radical (unpaired) electrons. The molecule has 0 spiro atoms. The third-order valence-electron chi connectivity index (χ3n) is 3.83. The summed E-state index contributed by atoms with van der Waals surface area (Å²) >= 11 is 0.339.